The number of carbonyl (C=O) groups is 2. The first kappa shape index (κ1) is 24.5. The molecule has 0 N–H and O–H groups in total. The largest absolute Gasteiger partial charge is 0.494 e. The average molecular weight is 483 g/mol. The normalized spacial score (nSPS) is 10.4. The van der Waals surface area contributed by atoms with Gasteiger partial charge in [0.2, 0.25) is 0 Å². The maximum Gasteiger partial charge on any atom is 0.343 e. The van der Waals surface area contributed by atoms with Crippen LogP contribution in [-0.2, 0) is 0 Å². The number of hydrogen-bond acceptors (Lipinski definition) is 6. The molecule has 0 aliphatic carbocycles. The van der Waals surface area contributed by atoms with Crippen LogP contribution in [0.25, 0.3) is 11.1 Å². The van der Waals surface area contributed by atoms with Crippen molar-refractivity contribution in [1.82, 2.24) is 0 Å². The van der Waals surface area contributed by atoms with E-state index in [1.54, 1.807) is 72.8 Å². The van der Waals surface area contributed by atoms with E-state index in [0.717, 1.165) is 22.6 Å². The number of carbonyl (C=O) groups excluding carboxylic acids is 2. The standard InChI is InChI=1S/C30H26O6/c1-3-33-25-13-17-27(18-14-25)35-29(31)23-9-5-21(6-10-23)22-7-11-24(12-8-22)30(32)36-28-19-15-26(16-20-28)34-4-2/h5-20H,3-4H2,1-2H3. The molecule has 0 atom stereocenters. The zero-order valence-electron chi connectivity index (χ0n) is 20.1. The molecule has 0 heterocycles. The van der Waals surface area contributed by atoms with Crippen LogP contribution in [0.15, 0.2) is 97.1 Å². The van der Waals surface area contributed by atoms with Gasteiger partial charge in [-0.1, -0.05) is 24.3 Å². The zero-order chi connectivity index (χ0) is 25.3. The monoisotopic (exact) mass is 482 g/mol. The van der Waals surface area contributed by atoms with Crippen LogP contribution in [0.1, 0.15) is 34.6 Å². The summed E-state index contributed by atoms with van der Waals surface area (Å²) in [5.74, 6) is 1.44. The summed E-state index contributed by atoms with van der Waals surface area (Å²) in [7, 11) is 0. The lowest BCUT2D eigenvalue weighted by Crippen LogP contribution is -2.08. The topological polar surface area (TPSA) is 71.1 Å². The molecule has 0 aliphatic rings. The lowest BCUT2D eigenvalue weighted by Gasteiger charge is -2.08. The summed E-state index contributed by atoms with van der Waals surface area (Å²) < 4.78 is 21.7. The molecule has 0 radical (unpaired) electrons. The van der Waals surface area contributed by atoms with Gasteiger partial charge in [0.15, 0.2) is 0 Å². The van der Waals surface area contributed by atoms with Crippen LogP contribution in [0.3, 0.4) is 0 Å². The molecule has 0 spiro atoms. The Kier molecular flexibility index (Phi) is 7.98. The zero-order valence-corrected chi connectivity index (χ0v) is 20.1. The van der Waals surface area contributed by atoms with Gasteiger partial charge < -0.3 is 18.9 Å². The summed E-state index contributed by atoms with van der Waals surface area (Å²) >= 11 is 0. The molecule has 0 saturated heterocycles. The van der Waals surface area contributed by atoms with E-state index in [1.165, 1.54) is 0 Å². The fraction of sp³-hybridized carbons (Fsp3) is 0.133. The summed E-state index contributed by atoms with van der Waals surface area (Å²) in [6.07, 6.45) is 0. The van der Waals surface area contributed by atoms with Gasteiger partial charge in [-0.3, -0.25) is 0 Å². The summed E-state index contributed by atoms with van der Waals surface area (Å²) in [4.78, 5) is 25.0. The van der Waals surface area contributed by atoms with Crippen molar-refractivity contribution in [2.45, 2.75) is 13.8 Å². The minimum absolute atomic E-state index is 0.434. The molecule has 4 rings (SSSR count). The number of ether oxygens (including phenoxy) is 4. The number of benzene rings is 4. The average Bonchev–Trinajstić information content (AvgIpc) is 2.91. The van der Waals surface area contributed by atoms with E-state index in [1.807, 2.05) is 38.1 Å². The maximum absolute atomic E-state index is 12.5. The molecule has 0 aliphatic heterocycles. The summed E-state index contributed by atoms with van der Waals surface area (Å²) in [6, 6.07) is 28.0. The molecule has 6 nitrogen and oxygen atoms in total. The molecule has 4 aromatic carbocycles. The Labute approximate surface area is 210 Å². The highest BCUT2D eigenvalue weighted by Crippen LogP contribution is 2.23. The van der Waals surface area contributed by atoms with E-state index < -0.39 is 11.9 Å². The summed E-state index contributed by atoms with van der Waals surface area (Å²) in [5, 5.41) is 0. The second-order valence-corrected chi connectivity index (χ2v) is 7.74. The van der Waals surface area contributed by atoms with Crippen molar-refractivity contribution < 1.29 is 28.5 Å². The van der Waals surface area contributed by atoms with E-state index in [-0.39, 0.29) is 0 Å². The van der Waals surface area contributed by atoms with Crippen LogP contribution < -0.4 is 18.9 Å². The highest BCUT2D eigenvalue weighted by Gasteiger charge is 2.11. The first-order valence-corrected chi connectivity index (χ1v) is 11.7. The van der Waals surface area contributed by atoms with Gasteiger partial charge in [0, 0.05) is 0 Å². The van der Waals surface area contributed by atoms with E-state index in [2.05, 4.69) is 0 Å². The first-order valence-electron chi connectivity index (χ1n) is 11.7. The Bertz CT molecular complexity index is 1190. The molecule has 0 saturated carbocycles. The van der Waals surface area contributed by atoms with Gasteiger partial charge >= 0.3 is 11.9 Å². The Hall–Kier alpha value is -4.58. The van der Waals surface area contributed by atoms with Crippen molar-refractivity contribution in [3.05, 3.63) is 108 Å². The van der Waals surface area contributed by atoms with Gasteiger partial charge in [-0.05, 0) is 97.8 Å². The Morgan fingerprint density at radius 2 is 0.778 bits per heavy atom. The van der Waals surface area contributed by atoms with Gasteiger partial charge in [0.25, 0.3) is 0 Å². The Balaban J connectivity index is 1.36. The van der Waals surface area contributed by atoms with Crippen LogP contribution in [-0.4, -0.2) is 25.2 Å². The van der Waals surface area contributed by atoms with E-state index >= 15 is 0 Å². The van der Waals surface area contributed by atoms with Crippen LogP contribution in [0, 0.1) is 0 Å². The van der Waals surface area contributed by atoms with Gasteiger partial charge in [0.05, 0.1) is 24.3 Å². The predicted molar refractivity (Wildman–Crippen MR) is 137 cm³/mol. The fourth-order valence-electron chi connectivity index (χ4n) is 3.47. The van der Waals surface area contributed by atoms with Crippen molar-refractivity contribution in [3.8, 4) is 34.1 Å². The van der Waals surface area contributed by atoms with Crippen molar-refractivity contribution >= 4 is 11.9 Å². The smallest absolute Gasteiger partial charge is 0.343 e. The van der Waals surface area contributed by atoms with Crippen LogP contribution in [0.2, 0.25) is 0 Å². The minimum atomic E-state index is -0.446. The summed E-state index contributed by atoms with van der Waals surface area (Å²) in [6.45, 7) is 4.96. The summed E-state index contributed by atoms with van der Waals surface area (Å²) in [5.41, 5.74) is 2.67. The van der Waals surface area contributed by atoms with E-state index in [4.69, 9.17) is 18.9 Å². The first-order chi connectivity index (χ1) is 17.6. The number of esters is 2. The van der Waals surface area contributed by atoms with Crippen molar-refractivity contribution in [2.75, 3.05) is 13.2 Å². The van der Waals surface area contributed by atoms with Crippen molar-refractivity contribution in [3.63, 3.8) is 0 Å². The SMILES string of the molecule is CCOc1ccc(OC(=O)c2ccc(-c3ccc(C(=O)Oc4ccc(OCC)cc4)cc3)cc2)cc1. The Morgan fingerprint density at radius 3 is 1.08 bits per heavy atom. The van der Waals surface area contributed by atoms with Gasteiger partial charge in [-0.25, -0.2) is 9.59 Å². The van der Waals surface area contributed by atoms with Gasteiger partial charge in [-0.2, -0.15) is 0 Å². The van der Waals surface area contributed by atoms with Crippen LogP contribution in [0.4, 0.5) is 0 Å². The molecule has 36 heavy (non-hydrogen) atoms. The van der Waals surface area contributed by atoms with E-state index in [9.17, 15) is 9.59 Å². The molecule has 4 aromatic rings. The molecule has 0 aromatic heterocycles. The molecule has 0 unspecified atom stereocenters. The molecule has 182 valence electrons. The number of hydrogen-bond donors (Lipinski definition) is 0. The molecular weight excluding hydrogens is 456 g/mol. The quantitative estimate of drug-likeness (QED) is 0.198. The second-order valence-electron chi connectivity index (χ2n) is 7.74. The fourth-order valence-corrected chi connectivity index (χ4v) is 3.47. The minimum Gasteiger partial charge on any atom is -0.494 e. The van der Waals surface area contributed by atoms with Crippen LogP contribution in [0.5, 0.6) is 23.0 Å². The Morgan fingerprint density at radius 1 is 0.472 bits per heavy atom. The second kappa shape index (κ2) is 11.7. The molecule has 0 amide bonds. The predicted octanol–water partition coefficient (Wildman–Crippen LogP) is 6.59. The third-order valence-electron chi connectivity index (χ3n) is 5.27. The van der Waals surface area contributed by atoms with E-state index in [0.29, 0.717) is 35.8 Å². The molecule has 0 fully saturated rings. The van der Waals surface area contributed by atoms with Gasteiger partial charge in [-0.15, -0.1) is 0 Å². The van der Waals surface area contributed by atoms with Crippen molar-refractivity contribution in [2.24, 2.45) is 0 Å². The third-order valence-corrected chi connectivity index (χ3v) is 5.27. The number of rotatable bonds is 9. The molecular formula is C30H26O6. The van der Waals surface area contributed by atoms with Gasteiger partial charge in [0.1, 0.15) is 23.0 Å². The highest BCUT2D eigenvalue weighted by atomic mass is 16.5. The maximum atomic E-state index is 12.5. The molecule has 0 bridgehead atoms. The van der Waals surface area contributed by atoms with Crippen molar-refractivity contribution in [1.29, 1.82) is 0 Å². The third kappa shape index (κ3) is 6.30. The molecule has 6 heteroatoms. The lowest BCUT2D eigenvalue weighted by molar-refractivity contribution is 0.0725. The highest BCUT2D eigenvalue weighted by molar-refractivity contribution is 5.93. The van der Waals surface area contributed by atoms with Crippen LogP contribution >= 0.6 is 0 Å². The lowest BCUT2D eigenvalue weighted by atomic mass is 10.0.